The number of hydrogen-bond acceptors (Lipinski definition) is 1. The molecule has 0 saturated carbocycles. The average molecular weight is 276 g/mol. The summed E-state index contributed by atoms with van der Waals surface area (Å²) in [4.78, 5) is 12.0. The van der Waals surface area contributed by atoms with Crippen LogP contribution >= 0.6 is 0 Å². The van der Waals surface area contributed by atoms with Crippen LogP contribution in [-0.2, 0) is 0 Å². The van der Waals surface area contributed by atoms with Crippen LogP contribution in [0.5, 0.6) is 0 Å². The number of fused-ring (bicyclic) bond motifs is 1. The molecule has 0 atom stereocenters. The molecule has 2 N–H and O–H groups in total. The van der Waals surface area contributed by atoms with E-state index in [9.17, 15) is 4.79 Å². The first-order valence-corrected chi connectivity index (χ1v) is 6.84. The van der Waals surface area contributed by atoms with E-state index in [1.807, 2.05) is 73.7 Å². The Balaban J connectivity index is 1.74. The van der Waals surface area contributed by atoms with Crippen molar-refractivity contribution in [3.63, 3.8) is 0 Å². The summed E-state index contributed by atoms with van der Waals surface area (Å²) in [6, 6.07) is 21.4. The van der Waals surface area contributed by atoms with E-state index in [-0.39, 0.29) is 6.03 Å². The number of amides is 2. The van der Waals surface area contributed by atoms with Crippen LogP contribution in [0, 0.1) is 6.92 Å². The summed E-state index contributed by atoms with van der Waals surface area (Å²) >= 11 is 0. The fourth-order valence-electron chi connectivity index (χ4n) is 2.28. The van der Waals surface area contributed by atoms with Gasteiger partial charge >= 0.3 is 6.03 Å². The molecule has 3 aromatic rings. The number of benzene rings is 3. The van der Waals surface area contributed by atoms with Gasteiger partial charge in [0.05, 0.1) is 0 Å². The van der Waals surface area contributed by atoms with Crippen LogP contribution in [0.3, 0.4) is 0 Å². The van der Waals surface area contributed by atoms with E-state index in [0.717, 1.165) is 27.7 Å². The molecule has 0 aromatic heterocycles. The highest BCUT2D eigenvalue weighted by atomic mass is 16.2. The Morgan fingerprint density at radius 1 is 0.762 bits per heavy atom. The predicted octanol–water partition coefficient (Wildman–Crippen LogP) is 4.79. The van der Waals surface area contributed by atoms with Crippen molar-refractivity contribution >= 4 is 28.2 Å². The first-order valence-electron chi connectivity index (χ1n) is 6.84. The van der Waals surface area contributed by atoms with Crippen molar-refractivity contribution in [2.75, 3.05) is 10.6 Å². The van der Waals surface area contributed by atoms with Gasteiger partial charge in [-0.1, -0.05) is 42.5 Å². The molecule has 0 radical (unpaired) electrons. The Kier molecular flexibility index (Phi) is 3.56. The van der Waals surface area contributed by atoms with E-state index >= 15 is 0 Å². The van der Waals surface area contributed by atoms with Crippen molar-refractivity contribution in [3.8, 4) is 0 Å². The number of nitrogens with one attached hydrogen (secondary N) is 2. The van der Waals surface area contributed by atoms with Gasteiger partial charge in [0, 0.05) is 11.4 Å². The van der Waals surface area contributed by atoms with E-state index in [1.165, 1.54) is 0 Å². The quantitative estimate of drug-likeness (QED) is 0.694. The van der Waals surface area contributed by atoms with Gasteiger partial charge in [0.1, 0.15) is 0 Å². The number of urea groups is 1. The predicted molar refractivity (Wildman–Crippen MR) is 87.8 cm³/mol. The molecule has 0 aliphatic carbocycles. The van der Waals surface area contributed by atoms with Crippen LogP contribution < -0.4 is 10.6 Å². The second-order valence-corrected chi connectivity index (χ2v) is 5.01. The van der Waals surface area contributed by atoms with Gasteiger partial charge < -0.3 is 10.6 Å². The van der Waals surface area contributed by atoms with E-state index in [2.05, 4.69) is 10.6 Å². The molecular formula is C18H16N2O. The molecular weight excluding hydrogens is 260 g/mol. The zero-order chi connectivity index (χ0) is 14.7. The zero-order valence-corrected chi connectivity index (χ0v) is 11.8. The Morgan fingerprint density at radius 2 is 1.48 bits per heavy atom. The van der Waals surface area contributed by atoms with Gasteiger partial charge in [0.2, 0.25) is 0 Å². The molecule has 0 aliphatic heterocycles. The number of carbonyl (C=O) groups is 1. The second kappa shape index (κ2) is 5.67. The highest BCUT2D eigenvalue weighted by Gasteiger charge is 2.03. The lowest BCUT2D eigenvalue weighted by Gasteiger charge is -2.09. The Bertz CT molecular complexity index is 796. The molecule has 0 spiro atoms. The monoisotopic (exact) mass is 276 g/mol. The molecule has 0 unspecified atom stereocenters. The van der Waals surface area contributed by atoms with E-state index in [4.69, 9.17) is 0 Å². The summed E-state index contributed by atoms with van der Waals surface area (Å²) in [6.45, 7) is 1.99. The van der Waals surface area contributed by atoms with Gasteiger partial charge in [-0.25, -0.2) is 4.79 Å². The maximum Gasteiger partial charge on any atom is 0.323 e. The molecule has 3 heteroatoms. The van der Waals surface area contributed by atoms with Crippen LogP contribution in [0.4, 0.5) is 16.2 Å². The minimum atomic E-state index is -0.240. The summed E-state index contributed by atoms with van der Waals surface area (Å²) in [5, 5.41) is 7.94. The largest absolute Gasteiger partial charge is 0.323 e. The van der Waals surface area contributed by atoms with Gasteiger partial charge in [0.25, 0.3) is 0 Å². The third kappa shape index (κ3) is 3.20. The first kappa shape index (κ1) is 13.2. The molecule has 0 aliphatic rings. The smallest absolute Gasteiger partial charge is 0.308 e. The molecule has 0 saturated heterocycles. The Hall–Kier alpha value is -2.81. The van der Waals surface area contributed by atoms with Crippen molar-refractivity contribution in [3.05, 3.63) is 72.3 Å². The van der Waals surface area contributed by atoms with Crippen molar-refractivity contribution in [2.24, 2.45) is 0 Å². The number of rotatable bonds is 2. The van der Waals surface area contributed by atoms with Crippen molar-refractivity contribution in [1.29, 1.82) is 0 Å². The highest BCUT2D eigenvalue weighted by molar-refractivity contribution is 6.01. The molecule has 21 heavy (non-hydrogen) atoms. The van der Waals surface area contributed by atoms with Crippen LogP contribution in [0.25, 0.3) is 10.8 Å². The third-order valence-electron chi connectivity index (χ3n) is 3.28. The number of hydrogen-bond donors (Lipinski definition) is 2. The van der Waals surface area contributed by atoms with Crippen LogP contribution in [-0.4, -0.2) is 6.03 Å². The number of anilines is 2. The summed E-state index contributed by atoms with van der Waals surface area (Å²) in [6.07, 6.45) is 0. The van der Waals surface area contributed by atoms with Crippen molar-refractivity contribution in [2.45, 2.75) is 6.92 Å². The van der Waals surface area contributed by atoms with E-state index < -0.39 is 0 Å². The SMILES string of the molecule is Cc1cccc(NC(=O)Nc2ccc3ccccc3c2)c1. The molecule has 2 amide bonds. The van der Waals surface area contributed by atoms with Gasteiger partial charge in [-0.05, 0) is 47.5 Å². The van der Waals surface area contributed by atoms with Crippen molar-refractivity contribution in [1.82, 2.24) is 0 Å². The normalized spacial score (nSPS) is 10.3. The molecule has 3 nitrogen and oxygen atoms in total. The topological polar surface area (TPSA) is 41.1 Å². The Labute approximate surface area is 123 Å². The fourth-order valence-corrected chi connectivity index (χ4v) is 2.28. The third-order valence-corrected chi connectivity index (χ3v) is 3.28. The summed E-state index contributed by atoms with van der Waals surface area (Å²) in [7, 11) is 0. The summed E-state index contributed by atoms with van der Waals surface area (Å²) in [5.74, 6) is 0. The number of carbonyl (C=O) groups excluding carboxylic acids is 1. The van der Waals surface area contributed by atoms with Gasteiger partial charge in [-0.3, -0.25) is 0 Å². The number of aryl methyl sites for hydroxylation is 1. The molecule has 0 heterocycles. The maximum absolute atomic E-state index is 12.0. The van der Waals surface area contributed by atoms with Crippen molar-refractivity contribution < 1.29 is 4.79 Å². The molecule has 3 aromatic carbocycles. The lowest BCUT2D eigenvalue weighted by Crippen LogP contribution is -2.19. The molecule has 0 fully saturated rings. The Morgan fingerprint density at radius 3 is 2.24 bits per heavy atom. The van der Waals surface area contributed by atoms with Gasteiger partial charge in [0.15, 0.2) is 0 Å². The van der Waals surface area contributed by atoms with Crippen LogP contribution in [0.1, 0.15) is 5.56 Å². The molecule has 3 rings (SSSR count). The minimum absolute atomic E-state index is 0.240. The first-order chi connectivity index (χ1) is 10.2. The summed E-state index contributed by atoms with van der Waals surface area (Å²) < 4.78 is 0. The maximum atomic E-state index is 12.0. The molecule has 104 valence electrons. The van der Waals surface area contributed by atoms with Crippen LogP contribution in [0.2, 0.25) is 0 Å². The van der Waals surface area contributed by atoms with Crippen LogP contribution in [0.15, 0.2) is 66.7 Å². The van der Waals surface area contributed by atoms with E-state index in [1.54, 1.807) is 0 Å². The van der Waals surface area contributed by atoms with E-state index in [0.29, 0.717) is 0 Å². The fraction of sp³-hybridized carbons (Fsp3) is 0.0556. The lowest BCUT2D eigenvalue weighted by molar-refractivity contribution is 0.262. The summed E-state index contributed by atoms with van der Waals surface area (Å²) in [5.41, 5.74) is 2.67. The van der Waals surface area contributed by atoms with Gasteiger partial charge in [-0.2, -0.15) is 0 Å². The second-order valence-electron chi connectivity index (χ2n) is 5.01. The molecule has 0 bridgehead atoms. The highest BCUT2D eigenvalue weighted by Crippen LogP contribution is 2.19. The van der Waals surface area contributed by atoms with Gasteiger partial charge in [-0.15, -0.1) is 0 Å². The zero-order valence-electron chi connectivity index (χ0n) is 11.8. The standard InChI is InChI=1S/C18H16N2O/c1-13-5-4-8-16(11-13)19-18(21)20-17-10-9-14-6-2-3-7-15(14)12-17/h2-12H,1H3,(H2,19,20,21). The average Bonchev–Trinajstić information content (AvgIpc) is 2.47. The minimum Gasteiger partial charge on any atom is -0.308 e. The lowest BCUT2D eigenvalue weighted by atomic mass is 10.1.